The van der Waals surface area contributed by atoms with Gasteiger partial charge in [-0.2, -0.15) is 0 Å². The largest absolute Gasteiger partial charge is 0.478 e. The minimum Gasteiger partial charge on any atom is -0.478 e. The number of anilines is 3. The van der Waals surface area contributed by atoms with Crippen LogP contribution in [0.2, 0.25) is 5.15 Å². The average Bonchev–Trinajstić information content (AvgIpc) is 2.39. The molecule has 1 aromatic heterocycles. The summed E-state index contributed by atoms with van der Waals surface area (Å²) in [4.78, 5) is 17.1. The van der Waals surface area contributed by atoms with Gasteiger partial charge in [0.25, 0.3) is 0 Å². The predicted molar refractivity (Wildman–Crippen MR) is 80.3 cm³/mol. The summed E-state index contributed by atoms with van der Waals surface area (Å²) in [6, 6.07) is 10.4. The van der Waals surface area contributed by atoms with Crippen molar-refractivity contribution < 1.29 is 9.90 Å². The van der Waals surface area contributed by atoms with Crippen molar-refractivity contribution in [2.45, 2.75) is 0 Å². The van der Waals surface area contributed by atoms with Crippen LogP contribution in [0.4, 0.5) is 17.2 Å². The first-order chi connectivity index (χ1) is 9.47. The Bertz CT molecular complexity index is 627. The first-order valence-electron chi connectivity index (χ1n) is 5.91. The van der Waals surface area contributed by atoms with Crippen LogP contribution in [0.5, 0.6) is 0 Å². The first kappa shape index (κ1) is 14.1. The summed E-state index contributed by atoms with van der Waals surface area (Å²) < 4.78 is 0. The number of nitrogens with zero attached hydrogens (tertiary/aromatic N) is 2. The number of rotatable bonds is 4. The molecule has 2 N–H and O–H groups in total. The third kappa shape index (κ3) is 3.19. The Morgan fingerprint density at radius 2 is 1.85 bits per heavy atom. The zero-order valence-corrected chi connectivity index (χ0v) is 11.8. The number of aromatic nitrogens is 1. The number of halogens is 1. The summed E-state index contributed by atoms with van der Waals surface area (Å²) >= 11 is 5.80. The Hall–Kier alpha value is -2.27. The Kier molecular flexibility index (Phi) is 4.10. The molecular formula is C14H14ClN3O2. The topological polar surface area (TPSA) is 65.5 Å². The van der Waals surface area contributed by atoms with Crippen molar-refractivity contribution in [3.8, 4) is 0 Å². The quantitative estimate of drug-likeness (QED) is 0.847. The summed E-state index contributed by atoms with van der Waals surface area (Å²) in [5.41, 5.74) is 1.87. The SMILES string of the molecule is CN(C)c1ccc(Nc2nc(Cl)ccc2C(=O)O)cc1. The minimum atomic E-state index is -1.05. The molecule has 0 unspecified atom stereocenters. The maximum Gasteiger partial charge on any atom is 0.339 e. The van der Waals surface area contributed by atoms with E-state index in [-0.39, 0.29) is 16.5 Å². The number of pyridine rings is 1. The van der Waals surface area contributed by atoms with Crippen molar-refractivity contribution in [1.29, 1.82) is 0 Å². The van der Waals surface area contributed by atoms with E-state index in [9.17, 15) is 4.79 Å². The van der Waals surface area contributed by atoms with Gasteiger partial charge in [0.1, 0.15) is 16.5 Å². The van der Waals surface area contributed by atoms with Gasteiger partial charge < -0.3 is 15.3 Å². The lowest BCUT2D eigenvalue weighted by Crippen LogP contribution is -2.08. The number of nitrogens with one attached hydrogen (secondary N) is 1. The van der Waals surface area contributed by atoms with E-state index in [0.29, 0.717) is 0 Å². The molecule has 0 spiro atoms. The Labute approximate surface area is 121 Å². The van der Waals surface area contributed by atoms with E-state index in [2.05, 4.69) is 10.3 Å². The van der Waals surface area contributed by atoms with Crippen LogP contribution in [-0.2, 0) is 0 Å². The highest BCUT2D eigenvalue weighted by Gasteiger charge is 2.12. The molecule has 1 heterocycles. The van der Waals surface area contributed by atoms with Crippen LogP contribution in [0, 0.1) is 0 Å². The molecule has 0 bridgehead atoms. The van der Waals surface area contributed by atoms with Crippen LogP contribution in [-0.4, -0.2) is 30.2 Å². The van der Waals surface area contributed by atoms with Gasteiger partial charge in [-0.05, 0) is 36.4 Å². The monoisotopic (exact) mass is 291 g/mol. The number of carboxylic acids is 1. The van der Waals surface area contributed by atoms with Gasteiger partial charge in [-0.25, -0.2) is 9.78 Å². The van der Waals surface area contributed by atoms with Crippen molar-refractivity contribution in [1.82, 2.24) is 4.98 Å². The highest BCUT2D eigenvalue weighted by Crippen LogP contribution is 2.23. The third-order valence-corrected chi connectivity index (χ3v) is 2.95. The van der Waals surface area contributed by atoms with E-state index in [0.717, 1.165) is 11.4 Å². The summed E-state index contributed by atoms with van der Waals surface area (Å²) in [6.07, 6.45) is 0. The molecule has 2 rings (SSSR count). The van der Waals surface area contributed by atoms with Crippen LogP contribution in [0.3, 0.4) is 0 Å². The second kappa shape index (κ2) is 5.79. The number of hydrogen-bond acceptors (Lipinski definition) is 4. The molecule has 0 fully saturated rings. The van der Waals surface area contributed by atoms with Crippen LogP contribution in [0.1, 0.15) is 10.4 Å². The molecule has 0 aliphatic rings. The summed E-state index contributed by atoms with van der Waals surface area (Å²) in [5, 5.41) is 12.3. The molecule has 0 radical (unpaired) electrons. The van der Waals surface area contributed by atoms with Crippen molar-refractivity contribution >= 4 is 34.8 Å². The zero-order valence-electron chi connectivity index (χ0n) is 11.1. The smallest absolute Gasteiger partial charge is 0.339 e. The van der Waals surface area contributed by atoms with Gasteiger partial charge in [0.05, 0.1) is 0 Å². The maximum atomic E-state index is 11.1. The highest BCUT2D eigenvalue weighted by molar-refractivity contribution is 6.29. The van der Waals surface area contributed by atoms with Gasteiger partial charge >= 0.3 is 5.97 Å². The van der Waals surface area contributed by atoms with Crippen molar-refractivity contribution in [3.63, 3.8) is 0 Å². The maximum absolute atomic E-state index is 11.1. The lowest BCUT2D eigenvalue weighted by atomic mass is 10.2. The molecule has 0 saturated heterocycles. The molecule has 0 atom stereocenters. The van der Waals surface area contributed by atoms with Crippen LogP contribution in [0.25, 0.3) is 0 Å². The molecule has 2 aromatic rings. The fourth-order valence-electron chi connectivity index (χ4n) is 1.68. The molecule has 0 aliphatic heterocycles. The number of hydrogen-bond donors (Lipinski definition) is 2. The molecule has 104 valence electrons. The molecule has 6 heteroatoms. The first-order valence-corrected chi connectivity index (χ1v) is 6.29. The summed E-state index contributed by atoms with van der Waals surface area (Å²) in [6.45, 7) is 0. The zero-order chi connectivity index (χ0) is 14.7. The molecule has 5 nitrogen and oxygen atoms in total. The molecular weight excluding hydrogens is 278 g/mol. The predicted octanol–water partition coefficient (Wildman–Crippen LogP) is 3.24. The van der Waals surface area contributed by atoms with Gasteiger partial charge in [-0.1, -0.05) is 11.6 Å². The Morgan fingerprint density at radius 3 is 2.40 bits per heavy atom. The molecule has 20 heavy (non-hydrogen) atoms. The Balaban J connectivity index is 2.29. The van der Waals surface area contributed by atoms with E-state index in [1.807, 2.05) is 43.3 Å². The summed E-state index contributed by atoms with van der Waals surface area (Å²) in [7, 11) is 3.90. The van der Waals surface area contributed by atoms with E-state index in [1.54, 1.807) is 0 Å². The van der Waals surface area contributed by atoms with Crippen molar-refractivity contribution in [2.24, 2.45) is 0 Å². The highest BCUT2D eigenvalue weighted by atomic mass is 35.5. The number of aromatic carboxylic acids is 1. The third-order valence-electron chi connectivity index (χ3n) is 2.74. The Morgan fingerprint density at radius 1 is 1.20 bits per heavy atom. The van der Waals surface area contributed by atoms with E-state index in [4.69, 9.17) is 16.7 Å². The van der Waals surface area contributed by atoms with Gasteiger partial charge in [0, 0.05) is 25.5 Å². The van der Waals surface area contributed by atoms with Gasteiger partial charge in [0.2, 0.25) is 0 Å². The molecule has 1 aromatic carbocycles. The molecule has 0 saturated carbocycles. The van der Waals surface area contributed by atoms with Crippen LogP contribution < -0.4 is 10.2 Å². The van der Waals surface area contributed by atoms with E-state index < -0.39 is 5.97 Å². The van der Waals surface area contributed by atoms with Gasteiger partial charge in [0.15, 0.2) is 0 Å². The second-order valence-electron chi connectivity index (χ2n) is 4.40. The number of carbonyl (C=O) groups is 1. The van der Waals surface area contributed by atoms with Crippen LogP contribution in [0.15, 0.2) is 36.4 Å². The fourth-order valence-corrected chi connectivity index (χ4v) is 1.83. The average molecular weight is 292 g/mol. The summed E-state index contributed by atoms with van der Waals surface area (Å²) in [5.74, 6) is -0.829. The normalized spacial score (nSPS) is 10.2. The van der Waals surface area contributed by atoms with Gasteiger partial charge in [-0.3, -0.25) is 0 Å². The number of benzene rings is 1. The fraction of sp³-hybridized carbons (Fsp3) is 0.143. The number of carboxylic acid groups (broad SMARTS) is 1. The standard InChI is InChI=1S/C14H14ClN3O2/c1-18(2)10-5-3-9(4-6-10)16-13-11(14(19)20)7-8-12(15)17-13/h3-8H,1-2H3,(H,16,17)(H,19,20). The van der Waals surface area contributed by atoms with Crippen molar-refractivity contribution in [2.75, 3.05) is 24.3 Å². The van der Waals surface area contributed by atoms with Crippen LogP contribution >= 0.6 is 11.6 Å². The lowest BCUT2D eigenvalue weighted by molar-refractivity contribution is 0.0697. The van der Waals surface area contributed by atoms with Crippen molar-refractivity contribution in [3.05, 3.63) is 47.1 Å². The van der Waals surface area contributed by atoms with E-state index in [1.165, 1.54) is 12.1 Å². The lowest BCUT2D eigenvalue weighted by Gasteiger charge is -2.13. The van der Waals surface area contributed by atoms with Gasteiger partial charge in [-0.15, -0.1) is 0 Å². The van der Waals surface area contributed by atoms with E-state index >= 15 is 0 Å². The second-order valence-corrected chi connectivity index (χ2v) is 4.79. The molecule has 0 aliphatic carbocycles. The molecule has 0 amide bonds. The minimum absolute atomic E-state index is 0.0751.